The van der Waals surface area contributed by atoms with Crippen LogP contribution in [-0.2, 0) is 17.8 Å². The van der Waals surface area contributed by atoms with E-state index in [1.165, 1.54) is 17.3 Å². The van der Waals surface area contributed by atoms with Gasteiger partial charge in [-0.1, -0.05) is 48.5 Å². The van der Waals surface area contributed by atoms with Crippen molar-refractivity contribution < 1.29 is 9.53 Å². The summed E-state index contributed by atoms with van der Waals surface area (Å²) in [7, 11) is 0. The number of rotatable bonds is 8. The molecule has 0 bridgehead atoms. The Labute approximate surface area is 173 Å². The second-order valence-electron chi connectivity index (χ2n) is 6.15. The lowest BCUT2D eigenvalue weighted by Crippen LogP contribution is -2.14. The van der Waals surface area contributed by atoms with Crippen molar-refractivity contribution in [2.45, 2.75) is 32.0 Å². The molecule has 0 aliphatic rings. The molecule has 1 aromatic heterocycles. The first kappa shape index (κ1) is 20.2. The van der Waals surface area contributed by atoms with Crippen LogP contribution >= 0.6 is 23.4 Å². The van der Waals surface area contributed by atoms with Crippen LogP contribution in [0.3, 0.4) is 0 Å². The van der Waals surface area contributed by atoms with Crippen molar-refractivity contribution in [2.75, 3.05) is 11.1 Å². The van der Waals surface area contributed by atoms with Crippen LogP contribution in [0.4, 0.5) is 5.69 Å². The number of nitrogens with zero attached hydrogens (tertiary/aromatic N) is 2. The molecule has 2 N–H and O–H groups in total. The summed E-state index contributed by atoms with van der Waals surface area (Å²) in [5.74, 6) is 1.43. The molecule has 2 aromatic carbocycles. The lowest BCUT2D eigenvalue weighted by atomic mass is 10.2. The lowest BCUT2D eigenvalue weighted by Gasteiger charge is -2.08. The van der Waals surface area contributed by atoms with Crippen LogP contribution in [0.1, 0.15) is 23.9 Å². The van der Waals surface area contributed by atoms with Gasteiger partial charge in [-0.2, -0.15) is 0 Å². The third kappa shape index (κ3) is 5.74. The number of H-pyrrole nitrogens is 1. The number of aryl methyl sites for hydroxylation is 2. The number of ether oxygens (including phenoxy) is 1. The zero-order chi connectivity index (χ0) is 19.9. The molecule has 1 heterocycles. The summed E-state index contributed by atoms with van der Waals surface area (Å²) in [6.45, 7) is 4.31. The molecule has 146 valence electrons. The third-order valence-electron chi connectivity index (χ3n) is 4.02. The highest BCUT2D eigenvalue weighted by atomic mass is 35.5. The van der Waals surface area contributed by atoms with Crippen molar-refractivity contribution in [2.24, 2.45) is 0 Å². The first-order valence-corrected chi connectivity index (χ1v) is 10.2. The summed E-state index contributed by atoms with van der Waals surface area (Å²) >= 11 is 7.22. The number of amides is 1. The van der Waals surface area contributed by atoms with Gasteiger partial charge in [-0.05, 0) is 48.7 Å². The molecular formula is C20H21ClN4O2S. The predicted molar refractivity (Wildman–Crippen MR) is 112 cm³/mol. The van der Waals surface area contributed by atoms with Crippen LogP contribution in [-0.4, -0.2) is 26.8 Å². The average Bonchev–Trinajstić information content (AvgIpc) is 3.16. The third-order valence-corrected chi connectivity index (χ3v) is 5.11. The minimum Gasteiger partial charge on any atom is -0.486 e. The molecule has 8 heteroatoms. The van der Waals surface area contributed by atoms with E-state index in [9.17, 15) is 4.79 Å². The highest BCUT2D eigenvalue weighted by molar-refractivity contribution is 7.99. The molecule has 3 aromatic rings. The summed E-state index contributed by atoms with van der Waals surface area (Å²) in [4.78, 5) is 16.5. The van der Waals surface area contributed by atoms with Gasteiger partial charge in [0, 0.05) is 10.7 Å². The van der Waals surface area contributed by atoms with Gasteiger partial charge in [0.1, 0.15) is 12.4 Å². The van der Waals surface area contributed by atoms with E-state index in [1.807, 2.05) is 37.3 Å². The average molecular weight is 417 g/mol. The van der Waals surface area contributed by atoms with Crippen LogP contribution < -0.4 is 10.1 Å². The number of halogens is 1. The molecule has 0 aliphatic heterocycles. The van der Waals surface area contributed by atoms with E-state index in [2.05, 4.69) is 27.4 Å². The van der Waals surface area contributed by atoms with Gasteiger partial charge in [0.2, 0.25) is 11.1 Å². The number of nitrogens with one attached hydrogen (secondary N) is 2. The Morgan fingerprint density at radius 2 is 2.04 bits per heavy atom. The lowest BCUT2D eigenvalue weighted by molar-refractivity contribution is -0.113. The maximum absolute atomic E-state index is 12.2. The molecule has 0 radical (unpaired) electrons. The van der Waals surface area contributed by atoms with Gasteiger partial charge in [0.15, 0.2) is 5.82 Å². The van der Waals surface area contributed by atoms with E-state index in [0.29, 0.717) is 21.7 Å². The normalized spacial score (nSPS) is 10.7. The highest BCUT2D eigenvalue weighted by Gasteiger charge is 2.10. The molecule has 28 heavy (non-hydrogen) atoms. The number of aromatic amines is 1. The maximum atomic E-state index is 12.2. The standard InChI is InChI=1S/C20H21ClN4O2S/c1-3-14-5-8-16(9-6-14)27-11-18-23-20(25-24-18)28-12-19(26)22-17-10-15(21)7-4-13(17)2/h4-10H,3,11-12H2,1-2H3,(H,22,26)(H,23,24,25). The summed E-state index contributed by atoms with van der Waals surface area (Å²) < 4.78 is 5.70. The number of carbonyl (C=O) groups excluding carboxylic acids is 1. The Morgan fingerprint density at radius 1 is 1.25 bits per heavy atom. The number of aromatic nitrogens is 3. The second-order valence-corrected chi connectivity index (χ2v) is 7.53. The monoisotopic (exact) mass is 416 g/mol. The molecule has 6 nitrogen and oxygen atoms in total. The van der Waals surface area contributed by atoms with Crippen LogP contribution in [0.5, 0.6) is 5.75 Å². The van der Waals surface area contributed by atoms with Gasteiger partial charge in [0.25, 0.3) is 0 Å². The first-order valence-electron chi connectivity index (χ1n) is 8.85. The fourth-order valence-corrected chi connectivity index (χ4v) is 3.21. The van der Waals surface area contributed by atoms with Crippen molar-refractivity contribution in [3.8, 4) is 5.75 Å². The number of benzene rings is 2. The molecule has 3 rings (SSSR count). The van der Waals surface area contributed by atoms with Crippen molar-refractivity contribution in [3.63, 3.8) is 0 Å². The summed E-state index contributed by atoms with van der Waals surface area (Å²) in [5, 5.41) is 10.9. The van der Waals surface area contributed by atoms with Gasteiger partial charge in [-0.25, -0.2) is 4.98 Å². The molecule has 0 saturated heterocycles. The molecule has 0 spiro atoms. The zero-order valence-electron chi connectivity index (χ0n) is 15.7. The van der Waals surface area contributed by atoms with E-state index in [4.69, 9.17) is 16.3 Å². The molecule has 0 fully saturated rings. The number of thioether (sulfide) groups is 1. The molecule has 1 amide bonds. The molecule has 0 aliphatic carbocycles. The minimum absolute atomic E-state index is 0.144. The number of hydrogen-bond donors (Lipinski definition) is 2. The second kappa shape index (κ2) is 9.61. The van der Waals surface area contributed by atoms with E-state index in [-0.39, 0.29) is 18.3 Å². The Morgan fingerprint density at radius 3 is 2.79 bits per heavy atom. The van der Waals surface area contributed by atoms with E-state index < -0.39 is 0 Å². The number of hydrogen-bond acceptors (Lipinski definition) is 5. The first-order chi connectivity index (χ1) is 13.5. The van der Waals surface area contributed by atoms with Crippen molar-refractivity contribution in [1.29, 1.82) is 0 Å². The molecule has 0 unspecified atom stereocenters. The van der Waals surface area contributed by atoms with Gasteiger partial charge in [-0.15, -0.1) is 5.10 Å². The van der Waals surface area contributed by atoms with E-state index in [0.717, 1.165) is 17.7 Å². The largest absolute Gasteiger partial charge is 0.486 e. The quantitative estimate of drug-likeness (QED) is 0.523. The highest BCUT2D eigenvalue weighted by Crippen LogP contribution is 2.21. The molecular weight excluding hydrogens is 396 g/mol. The van der Waals surface area contributed by atoms with Gasteiger partial charge >= 0.3 is 0 Å². The van der Waals surface area contributed by atoms with Crippen LogP contribution in [0.15, 0.2) is 47.6 Å². The van der Waals surface area contributed by atoms with Crippen LogP contribution in [0, 0.1) is 6.92 Å². The van der Waals surface area contributed by atoms with Gasteiger partial charge in [0.05, 0.1) is 5.75 Å². The summed E-state index contributed by atoms with van der Waals surface area (Å²) in [6.07, 6.45) is 0.993. The number of carbonyl (C=O) groups is 1. The summed E-state index contributed by atoms with van der Waals surface area (Å²) in [5.41, 5.74) is 2.92. The Hall–Kier alpha value is -2.51. The van der Waals surface area contributed by atoms with Gasteiger partial charge in [-0.3, -0.25) is 9.89 Å². The van der Waals surface area contributed by atoms with Crippen molar-refractivity contribution >= 4 is 35.0 Å². The molecule has 0 saturated carbocycles. The van der Waals surface area contributed by atoms with Crippen LogP contribution in [0.2, 0.25) is 5.02 Å². The maximum Gasteiger partial charge on any atom is 0.234 e. The number of anilines is 1. The van der Waals surface area contributed by atoms with Crippen molar-refractivity contribution in [3.05, 3.63) is 64.4 Å². The smallest absolute Gasteiger partial charge is 0.234 e. The Balaban J connectivity index is 1.47. The Bertz CT molecular complexity index is 944. The van der Waals surface area contributed by atoms with E-state index >= 15 is 0 Å². The SMILES string of the molecule is CCc1ccc(OCc2nc(SCC(=O)Nc3cc(Cl)ccc3C)n[nH]2)cc1. The zero-order valence-corrected chi connectivity index (χ0v) is 17.2. The fourth-order valence-electron chi connectivity index (χ4n) is 2.43. The predicted octanol–water partition coefficient (Wildman–Crippen LogP) is 4.64. The van der Waals surface area contributed by atoms with Gasteiger partial charge < -0.3 is 10.1 Å². The molecule has 0 atom stereocenters. The topological polar surface area (TPSA) is 79.9 Å². The Kier molecular flexibility index (Phi) is 6.95. The van der Waals surface area contributed by atoms with Crippen molar-refractivity contribution in [1.82, 2.24) is 15.2 Å². The fraction of sp³-hybridized carbons (Fsp3) is 0.250. The van der Waals surface area contributed by atoms with E-state index in [1.54, 1.807) is 12.1 Å². The minimum atomic E-state index is -0.144. The van der Waals surface area contributed by atoms with Crippen LogP contribution in [0.25, 0.3) is 0 Å². The summed E-state index contributed by atoms with van der Waals surface area (Å²) in [6, 6.07) is 13.3.